The van der Waals surface area contributed by atoms with Crippen molar-refractivity contribution < 1.29 is 13.2 Å². The Morgan fingerprint density at radius 3 is 2.06 bits per heavy atom. The van der Waals surface area contributed by atoms with E-state index in [1.54, 1.807) is 12.1 Å². The fourth-order valence-electron chi connectivity index (χ4n) is 4.36. The molecule has 0 radical (unpaired) electrons. The highest BCUT2D eigenvalue weighted by Gasteiger charge is 2.32. The number of carbonyl (C=O) groups excluding carboxylic acids is 1. The van der Waals surface area contributed by atoms with Crippen LogP contribution in [0.15, 0.2) is 29.2 Å². The van der Waals surface area contributed by atoms with Crippen LogP contribution in [-0.4, -0.2) is 62.3 Å². The summed E-state index contributed by atoms with van der Waals surface area (Å²) in [5.74, 6) is 0.743. The van der Waals surface area contributed by atoms with Crippen LogP contribution in [0.5, 0.6) is 0 Å². The first-order valence-corrected chi connectivity index (χ1v) is 13.2. The Balaban J connectivity index is 1.93. The van der Waals surface area contributed by atoms with Crippen LogP contribution in [0.25, 0.3) is 0 Å². The highest BCUT2D eigenvalue weighted by molar-refractivity contribution is 7.89. The summed E-state index contributed by atoms with van der Waals surface area (Å²) in [5.41, 5.74) is 1.12. The molecule has 0 saturated carbocycles. The molecule has 1 unspecified atom stereocenters. The van der Waals surface area contributed by atoms with Crippen molar-refractivity contribution in [1.82, 2.24) is 14.5 Å². The minimum atomic E-state index is -3.51. The second-order valence-corrected chi connectivity index (χ2v) is 11.1. The summed E-state index contributed by atoms with van der Waals surface area (Å²) in [6.45, 7) is 16.2. The van der Waals surface area contributed by atoms with E-state index in [2.05, 4.69) is 51.8 Å². The third kappa shape index (κ3) is 6.53. The van der Waals surface area contributed by atoms with Crippen LogP contribution in [0.3, 0.4) is 0 Å². The van der Waals surface area contributed by atoms with Crippen molar-refractivity contribution in [3.05, 3.63) is 29.8 Å². The summed E-state index contributed by atoms with van der Waals surface area (Å²) in [4.78, 5) is 15.5. The predicted octanol–water partition coefficient (Wildman–Crippen LogP) is 3.69. The molecular weight excluding hydrogens is 410 g/mol. The van der Waals surface area contributed by atoms with Crippen LogP contribution >= 0.6 is 0 Å². The number of piperidine rings is 1. The summed E-state index contributed by atoms with van der Waals surface area (Å²) in [5, 5.41) is 3.14. The zero-order valence-corrected chi connectivity index (χ0v) is 20.9. The van der Waals surface area contributed by atoms with E-state index in [-0.39, 0.29) is 11.8 Å². The highest BCUT2D eigenvalue weighted by atomic mass is 32.2. The van der Waals surface area contributed by atoms with Crippen molar-refractivity contribution in [2.24, 2.45) is 11.8 Å². The van der Waals surface area contributed by atoms with Gasteiger partial charge in [0.25, 0.3) is 0 Å². The Labute approximate surface area is 189 Å². The molecular formula is C24H41N3O3S. The largest absolute Gasteiger partial charge is 0.354 e. The number of benzene rings is 1. The van der Waals surface area contributed by atoms with Crippen molar-refractivity contribution in [3.63, 3.8) is 0 Å². The number of nitrogens with zero attached hydrogens (tertiary/aromatic N) is 2. The van der Waals surface area contributed by atoms with Crippen molar-refractivity contribution >= 4 is 15.9 Å². The van der Waals surface area contributed by atoms with Crippen LogP contribution in [-0.2, 0) is 14.8 Å². The summed E-state index contributed by atoms with van der Waals surface area (Å²) < 4.78 is 27.5. The molecule has 1 aromatic carbocycles. The molecule has 31 heavy (non-hydrogen) atoms. The quantitative estimate of drug-likeness (QED) is 0.589. The van der Waals surface area contributed by atoms with Crippen LogP contribution < -0.4 is 5.32 Å². The molecule has 1 heterocycles. The van der Waals surface area contributed by atoms with Crippen molar-refractivity contribution in [2.45, 2.75) is 71.2 Å². The Morgan fingerprint density at radius 2 is 1.61 bits per heavy atom. The van der Waals surface area contributed by atoms with Gasteiger partial charge in [-0.05, 0) is 55.5 Å². The fourth-order valence-corrected chi connectivity index (χ4v) is 5.83. The molecule has 1 amide bonds. The molecule has 1 aliphatic rings. The number of hydrogen-bond acceptors (Lipinski definition) is 4. The average Bonchev–Trinajstić information content (AvgIpc) is 2.76. The fraction of sp³-hybridized carbons (Fsp3) is 0.708. The molecule has 1 atom stereocenters. The van der Waals surface area contributed by atoms with Gasteiger partial charge in [-0.25, -0.2) is 8.42 Å². The first-order chi connectivity index (χ1) is 14.6. The van der Waals surface area contributed by atoms with Gasteiger partial charge in [0.15, 0.2) is 0 Å². The maximum Gasteiger partial charge on any atom is 0.243 e. The molecule has 1 aliphatic heterocycles. The Kier molecular flexibility index (Phi) is 9.52. The molecule has 6 nitrogen and oxygen atoms in total. The van der Waals surface area contributed by atoms with E-state index in [4.69, 9.17) is 0 Å². The van der Waals surface area contributed by atoms with Gasteiger partial charge in [-0.3, -0.25) is 9.69 Å². The van der Waals surface area contributed by atoms with E-state index >= 15 is 0 Å². The first kappa shape index (κ1) is 25.8. The van der Waals surface area contributed by atoms with Gasteiger partial charge in [-0.15, -0.1) is 0 Å². The van der Waals surface area contributed by atoms with Crippen molar-refractivity contribution in [2.75, 3.05) is 32.7 Å². The molecule has 0 aromatic heterocycles. The molecule has 1 N–H and O–H groups in total. The Hall–Kier alpha value is -1.44. The lowest BCUT2D eigenvalue weighted by molar-refractivity contribution is -0.126. The normalized spacial score (nSPS) is 17.5. The molecule has 1 aromatic rings. The minimum absolute atomic E-state index is 0.0520. The van der Waals surface area contributed by atoms with Crippen LogP contribution in [0.1, 0.15) is 65.9 Å². The van der Waals surface area contributed by atoms with E-state index in [9.17, 15) is 13.2 Å². The third-order valence-electron chi connectivity index (χ3n) is 6.55. The molecule has 1 fully saturated rings. The topological polar surface area (TPSA) is 69.7 Å². The molecule has 1 saturated heterocycles. The van der Waals surface area contributed by atoms with Gasteiger partial charge in [-0.2, -0.15) is 4.31 Å². The number of nitrogens with one attached hydrogen (secondary N) is 1. The summed E-state index contributed by atoms with van der Waals surface area (Å²) in [6, 6.07) is 7.48. The zero-order chi connectivity index (χ0) is 23.2. The van der Waals surface area contributed by atoms with Gasteiger partial charge in [0.05, 0.1) is 4.90 Å². The number of rotatable bonds is 10. The summed E-state index contributed by atoms with van der Waals surface area (Å²) in [7, 11) is -3.51. The number of amides is 1. The van der Waals surface area contributed by atoms with Gasteiger partial charge in [0, 0.05) is 31.6 Å². The lowest BCUT2D eigenvalue weighted by Crippen LogP contribution is -2.49. The Morgan fingerprint density at radius 1 is 1.06 bits per heavy atom. The summed E-state index contributed by atoms with van der Waals surface area (Å²) in [6.07, 6.45) is 1.12. The van der Waals surface area contributed by atoms with Crippen molar-refractivity contribution in [3.8, 4) is 0 Å². The number of hydrogen-bond donors (Lipinski definition) is 1. The SMILES string of the molecule is CCN(CC)C(CNC(=O)C1CCN(S(=O)(=O)c2ccc(C(C)C)cc2)CC1)C(C)C. The minimum Gasteiger partial charge on any atom is -0.354 e. The Bertz CT molecular complexity index is 794. The van der Waals surface area contributed by atoms with E-state index in [0.717, 1.165) is 18.7 Å². The molecule has 7 heteroatoms. The molecule has 2 rings (SSSR count). The van der Waals surface area contributed by atoms with E-state index < -0.39 is 10.0 Å². The average molecular weight is 452 g/mol. The monoisotopic (exact) mass is 451 g/mol. The van der Waals surface area contributed by atoms with E-state index in [0.29, 0.717) is 55.2 Å². The van der Waals surface area contributed by atoms with Gasteiger partial charge < -0.3 is 5.32 Å². The first-order valence-electron chi connectivity index (χ1n) is 11.7. The van der Waals surface area contributed by atoms with E-state index in [1.807, 2.05) is 12.1 Å². The molecule has 0 spiro atoms. The molecule has 0 aliphatic carbocycles. The van der Waals surface area contributed by atoms with Gasteiger partial charge in [0.2, 0.25) is 15.9 Å². The molecule has 0 bridgehead atoms. The van der Waals surface area contributed by atoms with Crippen LogP contribution in [0, 0.1) is 11.8 Å². The second kappa shape index (κ2) is 11.4. The van der Waals surface area contributed by atoms with E-state index in [1.165, 1.54) is 4.31 Å². The van der Waals surface area contributed by atoms with Crippen LogP contribution in [0.2, 0.25) is 0 Å². The third-order valence-corrected chi connectivity index (χ3v) is 8.46. The van der Waals surface area contributed by atoms with Crippen LogP contribution in [0.4, 0.5) is 0 Å². The lowest BCUT2D eigenvalue weighted by Gasteiger charge is -2.34. The zero-order valence-electron chi connectivity index (χ0n) is 20.1. The van der Waals surface area contributed by atoms with Gasteiger partial charge >= 0.3 is 0 Å². The lowest BCUT2D eigenvalue weighted by atomic mass is 9.96. The highest BCUT2D eigenvalue weighted by Crippen LogP contribution is 2.25. The number of carbonyl (C=O) groups is 1. The van der Waals surface area contributed by atoms with Gasteiger partial charge in [0.1, 0.15) is 0 Å². The standard InChI is InChI=1S/C24H41N3O3S/c1-7-26(8-2)23(19(5)6)17-25-24(28)21-13-15-27(16-14-21)31(29,30)22-11-9-20(10-12-22)18(3)4/h9-12,18-19,21,23H,7-8,13-17H2,1-6H3,(H,25,28). The number of sulfonamides is 1. The maximum absolute atomic E-state index is 13.0. The van der Waals surface area contributed by atoms with Crippen molar-refractivity contribution in [1.29, 1.82) is 0 Å². The summed E-state index contributed by atoms with van der Waals surface area (Å²) >= 11 is 0. The second-order valence-electron chi connectivity index (χ2n) is 9.18. The predicted molar refractivity (Wildman–Crippen MR) is 127 cm³/mol. The smallest absolute Gasteiger partial charge is 0.243 e. The molecule has 176 valence electrons. The van der Waals surface area contributed by atoms with Gasteiger partial charge in [-0.1, -0.05) is 53.7 Å². The maximum atomic E-state index is 13.0. The number of likely N-dealkylation sites (N-methyl/N-ethyl adjacent to an activating group) is 1.